The number of fused-ring (bicyclic) bond motifs is 1. The van der Waals surface area contributed by atoms with Crippen molar-refractivity contribution in [1.29, 1.82) is 0 Å². The summed E-state index contributed by atoms with van der Waals surface area (Å²) in [6.45, 7) is 0. The average Bonchev–Trinajstić information content (AvgIpc) is 3.53. The fourth-order valence-electron chi connectivity index (χ4n) is 4.28. The zero-order valence-electron chi connectivity index (χ0n) is 19.5. The lowest BCUT2D eigenvalue weighted by molar-refractivity contribution is 0.0601. The molecule has 0 spiro atoms. The van der Waals surface area contributed by atoms with Crippen molar-refractivity contribution in [3.63, 3.8) is 0 Å². The molecule has 2 aromatic carbocycles. The Morgan fingerprint density at radius 3 is 2.64 bits per heavy atom. The molecule has 0 aliphatic heterocycles. The summed E-state index contributed by atoms with van der Waals surface area (Å²) >= 11 is 7.53. The Morgan fingerprint density at radius 1 is 1.06 bits per heavy atom. The topological polar surface area (TPSA) is 80.9 Å². The Kier molecular flexibility index (Phi) is 7.02. The lowest BCUT2D eigenvalue weighted by atomic mass is 9.95. The molecule has 2 aromatic heterocycles. The summed E-state index contributed by atoms with van der Waals surface area (Å²) in [6.07, 6.45) is 5.58. The van der Waals surface area contributed by atoms with Gasteiger partial charge in [-0.05, 0) is 73.7 Å². The Balaban J connectivity index is 1.44. The molecule has 8 heteroatoms. The van der Waals surface area contributed by atoms with Gasteiger partial charge in [0.25, 0.3) is 5.91 Å². The zero-order chi connectivity index (χ0) is 25.1. The van der Waals surface area contributed by atoms with Gasteiger partial charge in [-0.25, -0.2) is 9.79 Å². The van der Waals surface area contributed by atoms with Crippen LogP contribution in [-0.2, 0) is 17.6 Å². The van der Waals surface area contributed by atoms with Crippen LogP contribution in [0, 0.1) is 0 Å². The van der Waals surface area contributed by atoms with E-state index >= 15 is 0 Å². The number of furan rings is 1. The molecule has 1 aliphatic rings. The second-order valence-corrected chi connectivity index (χ2v) is 9.87. The third-order valence-corrected chi connectivity index (χ3v) is 7.47. The molecule has 0 saturated heterocycles. The van der Waals surface area contributed by atoms with Gasteiger partial charge < -0.3 is 14.5 Å². The van der Waals surface area contributed by atoms with E-state index in [0.717, 1.165) is 31.2 Å². The molecular weight excluding hydrogens is 496 g/mol. The summed E-state index contributed by atoms with van der Waals surface area (Å²) in [6, 6.07) is 17.7. The maximum atomic E-state index is 13.3. The fraction of sp³-hybridized carbons (Fsp3) is 0.179. The highest BCUT2D eigenvalue weighted by atomic mass is 35.5. The van der Waals surface area contributed by atoms with Crippen LogP contribution in [0.15, 0.2) is 70.1 Å². The van der Waals surface area contributed by atoms with Gasteiger partial charge in [0.1, 0.15) is 16.5 Å². The lowest BCUT2D eigenvalue weighted by Crippen LogP contribution is -2.14. The number of methoxy groups -OCH3 is 1. The van der Waals surface area contributed by atoms with Crippen LogP contribution in [0.3, 0.4) is 0 Å². The van der Waals surface area contributed by atoms with Crippen molar-refractivity contribution in [2.75, 3.05) is 12.4 Å². The Hall–Kier alpha value is -3.68. The van der Waals surface area contributed by atoms with Crippen LogP contribution in [0.5, 0.6) is 0 Å². The normalized spacial score (nSPS) is 12.9. The summed E-state index contributed by atoms with van der Waals surface area (Å²) < 4.78 is 10.9. The fourth-order valence-corrected chi connectivity index (χ4v) is 5.64. The highest BCUT2D eigenvalue weighted by Gasteiger charge is 2.25. The number of carbonyl (C=O) groups is 2. The van der Waals surface area contributed by atoms with Crippen LogP contribution in [0.1, 0.15) is 49.8 Å². The number of nitrogens with one attached hydrogen (secondary N) is 1. The minimum Gasteiger partial charge on any atom is -0.465 e. The number of anilines is 1. The highest BCUT2D eigenvalue weighted by molar-refractivity contribution is 7.16. The third kappa shape index (κ3) is 4.98. The van der Waals surface area contributed by atoms with E-state index in [1.165, 1.54) is 12.0 Å². The lowest BCUT2D eigenvalue weighted by Gasteiger charge is -2.12. The van der Waals surface area contributed by atoms with E-state index in [9.17, 15) is 9.59 Å². The minimum atomic E-state index is -0.433. The van der Waals surface area contributed by atoms with Crippen LogP contribution in [0.2, 0.25) is 5.02 Å². The van der Waals surface area contributed by atoms with Gasteiger partial charge in [0.05, 0.1) is 24.5 Å². The van der Waals surface area contributed by atoms with E-state index in [4.69, 9.17) is 20.8 Å². The van der Waals surface area contributed by atoms with Gasteiger partial charge in [-0.15, -0.1) is 11.3 Å². The summed E-state index contributed by atoms with van der Waals surface area (Å²) in [5.74, 6) is 0.428. The van der Waals surface area contributed by atoms with Gasteiger partial charge in [0, 0.05) is 21.2 Å². The quantitative estimate of drug-likeness (QED) is 0.214. The van der Waals surface area contributed by atoms with Crippen molar-refractivity contribution in [2.24, 2.45) is 4.99 Å². The van der Waals surface area contributed by atoms with E-state index in [0.29, 0.717) is 43.9 Å². The Bertz CT molecular complexity index is 1450. The highest BCUT2D eigenvalue weighted by Crippen LogP contribution is 2.40. The van der Waals surface area contributed by atoms with Gasteiger partial charge in [-0.1, -0.05) is 29.8 Å². The molecule has 0 fully saturated rings. The molecule has 6 nitrogen and oxygen atoms in total. The molecule has 0 unspecified atom stereocenters. The standard InChI is InChI=1S/C28H23ClN2O4S/c1-34-28(33)21-7-3-2-6-20(21)23-15-14-19(35-23)16-30-27-25(22-8-4-5-9-24(22)36-27)26(32)31-18-12-10-17(29)11-13-18/h2-3,6-7,10-16H,4-5,8-9H2,1H3,(H,31,32). The molecule has 1 amide bonds. The van der Waals surface area contributed by atoms with Crippen molar-refractivity contribution in [1.82, 2.24) is 0 Å². The number of benzene rings is 2. The number of hydrogen-bond acceptors (Lipinski definition) is 6. The van der Waals surface area contributed by atoms with Crippen LogP contribution in [-0.4, -0.2) is 25.2 Å². The number of halogens is 1. The summed E-state index contributed by atoms with van der Waals surface area (Å²) in [7, 11) is 1.35. The maximum absolute atomic E-state index is 13.3. The smallest absolute Gasteiger partial charge is 0.338 e. The van der Waals surface area contributed by atoms with Crippen molar-refractivity contribution in [3.05, 3.63) is 93.0 Å². The van der Waals surface area contributed by atoms with Crippen molar-refractivity contribution in [3.8, 4) is 11.3 Å². The number of hydrogen-bond donors (Lipinski definition) is 1. The largest absolute Gasteiger partial charge is 0.465 e. The molecule has 0 saturated carbocycles. The van der Waals surface area contributed by atoms with Crippen LogP contribution < -0.4 is 5.32 Å². The zero-order valence-corrected chi connectivity index (χ0v) is 21.1. The summed E-state index contributed by atoms with van der Waals surface area (Å²) in [4.78, 5) is 31.3. The van der Waals surface area contributed by atoms with Crippen molar-refractivity contribution in [2.45, 2.75) is 25.7 Å². The predicted octanol–water partition coefficient (Wildman–Crippen LogP) is 7.33. The number of nitrogens with zero attached hydrogens (tertiary/aromatic N) is 1. The van der Waals surface area contributed by atoms with Gasteiger partial charge in [-0.2, -0.15) is 0 Å². The number of esters is 1. The molecule has 182 valence electrons. The number of carbonyl (C=O) groups excluding carboxylic acids is 2. The van der Waals surface area contributed by atoms with Gasteiger partial charge >= 0.3 is 5.97 Å². The van der Waals surface area contributed by atoms with E-state index < -0.39 is 5.97 Å². The number of amides is 1. The average molecular weight is 519 g/mol. The molecule has 36 heavy (non-hydrogen) atoms. The molecule has 4 aromatic rings. The molecular formula is C28H23ClN2O4S. The monoisotopic (exact) mass is 518 g/mol. The summed E-state index contributed by atoms with van der Waals surface area (Å²) in [5.41, 5.74) is 3.43. The number of rotatable bonds is 6. The van der Waals surface area contributed by atoms with E-state index in [1.54, 1.807) is 72.1 Å². The van der Waals surface area contributed by atoms with Crippen molar-refractivity contribution >= 4 is 51.7 Å². The first-order valence-corrected chi connectivity index (χ1v) is 12.8. The second-order valence-electron chi connectivity index (χ2n) is 8.35. The number of aliphatic imine (C=N–C) groups is 1. The van der Waals surface area contributed by atoms with Crippen molar-refractivity contribution < 1.29 is 18.7 Å². The molecule has 0 bridgehead atoms. The van der Waals surface area contributed by atoms with E-state index in [1.807, 2.05) is 6.07 Å². The van der Waals surface area contributed by atoms with Crippen LogP contribution in [0.4, 0.5) is 10.7 Å². The van der Waals surface area contributed by atoms with Gasteiger partial charge in [0.15, 0.2) is 0 Å². The van der Waals surface area contributed by atoms with Crippen LogP contribution >= 0.6 is 22.9 Å². The maximum Gasteiger partial charge on any atom is 0.338 e. The first-order chi connectivity index (χ1) is 17.5. The first kappa shape index (κ1) is 24.0. The molecule has 2 heterocycles. The van der Waals surface area contributed by atoms with Gasteiger partial charge in [-0.3, -0.25) is 4.79 Å². The van der Waals surface area contributed by atoms with Gasteiger partial charge in [0.2, 0.25) is 0 Å². The summed E-state index contributed by atoms with van der Waals surface area (Å²) in [5, 5.41) is 4.24. The second kappa shape index (κ2) is 10.5. The molecule has 1 aliphatic carbocycles. The number of thiophene rings is 1. The number of ether oxygens (including phenoxy) is 1. The molecule has 1 N–H and O–H groups in total. The van der Waals surface area contributed by atoms with Crippen LogP contribution in [0.25, 0.3) is 11.3 Å². The third-order valence-electron chi connectivity index (χ3n) is 6.02. The molecule has 5 rings (SSSR count). The SMILES string of the molecule is COC(=O)c1ccccc1-c1ccc(C=Nc2sc3c(c2C(=O)Nc2ccc(Cl)cc2)CCCC3)o1. The Labute approximate surface area is 217 Å². The predicted molar refractivity (Wildman–Crippen MR) is 143 cm³/mol. The molecule has 0 radical (unpaired) electrons. The molecule has 0 atom stereocenters. The number of aryl methyl sites for hydroxylation is 1. The Morgan fingerprint density at radius 2 is 1.83 bits per heavy atom. The van der Waals surface area contributed by atoms with E-state index in [-0.39, 0.29) is 5.91 Å². The first-order valence-electron chi connectivity index (χ1n) is 11.6. The minimum absolute atomic E-state index is 0.184. The van der Waals surface area contributed by atoms with E-state index in [2.05, 4.69) is 10.3 Å².